The Kier molecular flexibility index (Phi) is 5.77. The zero-order chi connectivity index (χ0) is 17.8. The molecule has 9 heteroatoms. The van der Waals surface area contributed by atoms with Gasteiger partial charge in [0.05, 0.1) is 5.56 Å². The van der Waals surface area contributed by atoms with Gasteiger partial charge in [0.1, 0.15) is 11.6 Å². The van der Waals surface area contributed by atoms with Gasteiger partial charge in [-0.05, 0) is 35.9 Å². The molecule has 0 fully saturated rings. The van der Waals surface area contributed by atoms with Crippen molar-refractivity contribution in [3.8, 4) is 0 Å². The van der Waals surface area contributed by atoms with Crippen molar-refractivity contribution in [1.82, 2.24) is 10.2 Å². The topological polar surface area (TPSA) is 54.9 Å². The lowest BCUT2D eigenvalue weighted by molar-refractivity contribution is 0.102. The molecule has 0 aliphatic rings. The normalized spacial score (nSPS) is 10.7. The average Bonchev–Trinajstić information content (AvgIpc) is 3.01. The van der Waals surface area contributed by atoms with E-state index < -0.39 is 11.7 Å². The smallest absolute Gasteiger partial charge is 0.260 e. The maximum Gasteiger partial charge on any atom is 0.260 e. The maximum atomic E-state index is 13.8. The minimum Gasteiger partial charge on any atom is -0.296 e. The number of anilines is 1. The summed E-state index contributed by atoms with van der Waals surface area (Å²) in [6.07, 6.45) is 0. The van der Waals surface area contributed by atoms with Crippen LogP contribution in [0.15, 0.2) is 51.3 Å². The summed E-state index contributed by atoms with van der Waals surface area (Å²) in [6, 6.07) is 10.4. The fourth-order valence-corrected chi connectivity index (χ4v) is 3.92. The molecule has 0 spiro atoms. The van der Waals surface area contributed by atoms with Crippen LogP contribution in [-0.2, 0) is 5.75 Å². The molecule has 0 bridgehead atoms. The monoisotopic (exact) mass is 441 g/mol. The average molecular weight is 442 g/mol. The molecule has 3 rings (SSSR count). The Hall–Kier alpha value is -1.84. The molecular formula is C16H10BrF2N3OS2. The lowest BCUT2D eigenvalue weighted by Gasteiger charge is -2.02. The van der Waals surface area contributed by atoms with Crippen LogP contribution in [0.5, 0.6) is 0 Å². The first kappa shape index (κ1) is 18.0. The van der Waals surface area contributed by atoms with Crippen molar-refractivity contribution in [2.45, 2.75) is 10.1 Å². The van der Waals surface area contributed by atoms with E-state index in [9.17, 15) is 13.6 Å². The van der Waals surface area contributed by atoms with Gasteiger partial charge in [0.15, 0.2) is 4.34 Å². The lowest BCUT2D eigenvalue weighted by atomic mass is 10.2. The van der Waals surface area contributed by atoms with Gasteiger partial charge >= 0.3 is 0 Å². The summed E-state index contributed by atoms with van der Waals surface area (Å²) in [4.78, 5) is 12.1. The number of nitrogens with one attached hydrogen (secondary N) is 1. The number of thioether (sulfide) groups is 1. The minimum absolute atomic E-state index is 0.0704. The third kappa shape index (κ3) is 4.83. The number of carbonyl (C=O) groups excluding carboxylic acids is 1. The second kappa shape index (κ2) is 8.03. The first-order chi connectivity index (χ1) is 12.0. The number of nitrogens with zero attached hydrogens (tertiary/aromatic N) is 2. The molecule has 0 saturated carbocycles. The molecule has 2 aromatic carbocycles. The van der Waals surface area contributed by atoms with E-state index in [1.54, 1.807) is 18.2 Å². The van der Waals surface area contributed by atoms with E-state index >= 15 is 0 Å². The van der Waals surface area contributed by atoms with Gasteiger partial charge < -0.3 is 0 Å². The number of hydrogen-bond donors (Lipinski definition) is 1. The van der Waals surface area contributed by atoms with Crippen LogP contribution < -0.4 is 5.32 Å². The van der Waals surface area contributed by atoms with Crippen molar-refractivity contribution in [2.24, 2.45) is 0 Å². The van der Waals surface area contributed by atoms with E-state index in [-0.39, 0.29) is 16.5 Å². The molecule has 0 saturated heterocycles. The van der Waals surface area contributed by atoms with Crippen LogP contribution in [0.2, 0.25) is 0 Å². The quantitative estimate of drug-likeness (QED) is 0.440. The number of benzene rings is 2. The molecule has 0 atom stereocenters. The number of amides is 1. The van der Waals surface area contributed by atoms with Crippen LogP contribution in [0.3, 0.4) is 0 Å². The highest BCUT2D eigenvalue weighted by Gasteiger charge is 2.14. The Morgan fingerprint density at radius 3 is 2.64 bits per heavy atom. The first-order valence-electron chi connectivity index (χ1n) is 6.98. The second-order valence-corrected chi connectivity index (χ2v) is 7.98. The van der Waals surface area contributed by atoms with Crippen LogP contribution in [0.25, 0.3) is 0 Å². The van der Waals surface area contributed by atoms with Crippen LogP contribution in [0.1, 0.15) is 15.9 Å². The maximum absolute atomic E-state index is 13.8. The van der Waals surface area contributed by atoms with Crippen molar-refractivity contribution < 1.29 is 13.6 Å². The SMILES string of the molecule is O=C(Nc1nnc(SCc2ccc(F)cc2)s1)c1ccc(Br)cc1F. The lowest BCUT2D eigenvalue weighted by Crippen LogP contribution is -2.13. The van der Waals surface area contributed by atoms with Crippen LogP contribution in [0.4, 0.5) is 13.9 Å². The van der Waals surface area contributed by atoms with Crippen LogP contribution in [-0.4, -0.2) is 16.1 Å². The van der Waals surface area contributed by atoms with Gasteiger partial charge in [-0.1, -0.05) is 51.2 Å². The van der Waals surface area contributed by atoms with Crippen LogP contribution in [0, 0.1) is 11.6 Å². The largest absolute Gasteiger partial charge is 0.296 e. The number of hydrogen-bond acceptors (Lipinski definition) is 5. The summed E-state index contributed by atoms with van der Waals surface area (Å²) in [6.45, 7) is 0. The molecule has 1 aromatic heterocycles. The second-order valence-electron chi connectivity index (χ2n) is 4.87. The van der Waals surface area contributed by atoms with Crippen molar-refractivity contribution in [2.75, 3.05) is 5.32 Å². The van der Waals surface area contributed by atoms with Gasteiger partial charge in [0, 0.05) is 10.2 Å². The van der Waals surface area contributed by atoms with E-state index in [2.05, 4.69) is 31.4 Å². The van der Waals surface area contributed by atoms with Crippen LogP contribution >= 0.6 is 39.0 Å². The highest BCUT2D eigenvalue weighted by Crippen LogP contribution is 2.28. The Morgan fingerprint density at radius 2 is 1.92 bits per heavy atom. The van der Waals surface area contributed by atoms with Gasteiger partial charge in [-0.2, -0.15) is 0 Å². The van der Waals surface area contributed by atoms with Crippen molar-refractivity contribution in [3.63, 3.8) is 0 Å². The van der Waals surface area contributed by atoms with E-state index in [4.69, 9.17) is 0 Å². The Balaban J connectivity index is 1.61. The molecular weight excluding hydrogens is 432 g/mol. The number of carbonyl (C=O) groups is 1. The summed E-state index contributed by atoms with van der Waals surface area (Å²) in [5.41, 5.74) is 0.878. The van der Waals surface area contributed by atoms with Gasteiger partial charge in [-0.3, -0.25) is 10.1 Å². The van der Waals surface area contributed by atoms with Gasteiger partial charge in [-0.15, -0.1) is 10.2 Å². The molecule has 0 aliphatic heterocycles. The molecule has 1 amide bonds. The molecule has 3 aromatic rings. The molecule has 0 radical (unpaired) electrons. The summed E-state index contributed by atoms with van der Waals surface area (Å²) in [5.74, 6) is -0.891. The summed E-state index contributed by atoms with van der Waals surface area (Å²) in [7, 11) is 0. The standard InChI is InChI=1S/C16H10BrF2N3OS2/c17-10-3-6-12(13(19)7-10)14(23)20-15-21-22-16(25-15)24-8-9-1-4-11(18)5-2-9/h1-7H,8H2,(H,20,21,23). The van der Waals surface area contributed by atoms with Crippen molar-refractivity contribution >= 4 is 50.1 Å². The molecule has 1 heterocycles. The third-order valence-corrected chi connectivity index (χ3v) is 5.61. The molecule has 1 N–H and O–H groups in total. The zero-order valence-corrected chi connectivity index (χ0v) is 15.7. The number of aromatic nitrogens is 2. The van der Waals surface area contributed by atoms with E-state index in [1.807, 2.05) is 0 Å². The number of halogens is 3. The first-order valence-corrected chi connectivity index (χ1v) is 9.58. The molecule has 0 aliphatic carbocycles. The Morgan fingerprint density at radius 1 is 1.16 bits per heavy atom. The molecule has 25 heavy (non-hydrogen) atoms. The summed E-state index contributed by atoms with van der Waals surface area (Å²) >= 11 is 5.75. The molecule has 0 unspecified atom stereocenters. The molecule has 128 valence electrons. The Bertz CT molecular complexity index is 903. The number of rotatable bonds is 5. The van der Waals surface area contributed by atoms with Crippen molar-refractivity contribution in [1.29, 1.82) is 0 Å². The minimum atomic E-state index is -0.623. The fraction of sp³-hybridized carbons (Fsp3) is 0.0625. The summed E-state index contributed by atoms with van der Waals surface area (Å²) < 4.78 is 27.9. The van der Waals surface area contributed by atoms with Gasteiger partial charge in [-0.25, -0.2) is 8.78 Å². The molecule has 4 nitrogen and oxygen atoms in total. The predicted octanol–water partition coefficient (Wildman–Crippen LogP) is 5.12. The van der Waals surface area contributed by atoms with E-state index in [1.165, 1.54) is 47.4 Å². The fourth-order valence-electron chi connectivity index (χ4n) is 1.88. The van der Waals surface area contributed by atoms with Gasteiger partial charge in [0.2, 0.25) is 5.13 Å². The highest BCUT2D eigenvalue weighted by atomic mass is 79.9. The zero-order valence-electron chi connectivity index (χ0n) is 12.5. The van der Waals surface area contributed by atoms with Crippen molar-refractivity contribution in [3.05, 3.63) is 69.7 Å². The highest BCUT2D eigenvalue weighted by molar-refractivity contribution is 9.10. The van der Waals surface area contributed by atoms with Gasteiger partial charge in [0.25, 0.3) is 5.91 Å². The van der Waals surface area contributed by atoms with E-state index in [0.717, 1.165) is 5.56 Å². The van der Waals surface area contributed by atoms with E-state index in [0.29, 0.717) is 14.6 Å². The third-order valence-electron chi connectivity index (χ3n) is 3.08. The summed E-state index contributed by atoms with van der Waals surface area (Å²) in [5, 5.41) is 10.7. The predicted molar refractivity (Wildman–Crippen MR) is 97.9 cm³/mol. The Labute approximate surface area is 158 Å².